The number of carbonyl (C=O) groups is 3. The maximum atomic E-state index is 12.8. The van der Waals surface area contributed by atoms with Crippen molar-refractivity contribution in [2.24, 2.45) is 0 Å². The fourth-order valence-corrected chi connectivity index (χ4v) is 3.12. The van der Waals surface area contributed by atoms with Crippen LogP contribution >= 0.6 is 11.6 Å². The van der Waals surface area contributed by atoms with Gasteiger partial charge in [0.05, 0.1) is 16.9 Å². The average molecular weight is 388 g/mol. The molecule has 2 aromatic rings. The van der Waals surface area contributed by atoms with Gasteiger partial charge >= 0.3 is 5.97 Å². The van der Waals surface area contributed by atoms with Crippen LogP contribution in [-0.4, -0.2) is 30.4 Å². The van der Waals surface area contributed by atoms with Gasteiger partial charge in [-0.2, -0.15) is 0 Å². The summed E-state index contributed by atoms with van der Waals surface area (Å²) in [6, 6.07) is 11.0. The maximum Gasteiger partial charge on any atom is 0.340 e. The van der Waals surface area contributed by atoms with Gasteiger partial charge in [0, 0.05) is 23.2 Å². The minimum atomic E-state index is -0.742. The van der Waals surface area contributed by atoms with Gasteiger partial charge in [-0.1, -0.05) is 23.7 Å². The third kappa shape index (κ3) is 4.03. The van der Waals surface area contributed by atoms with Crippen LogP contribution in [0.4, 0.5) is 17.1 Å². The molecule has 7 nitrogen and oxygen atoms in total. The summed E-state index contributed by atoms with van der Waals surface area (Å²) in [5.74, 6) is -1.37. The summed E-state index contributed by atoms with van der Waals surface area (Å²) in [7, 11) is 0. The predicted octanol–water partition coefficient (Wildman–Crippen LogP) is 2.84. The third-order valence-corrected chi connectivity index (χ3v) is 4.43. The number of nitrogens with zero attached hydrogens (tertiary/aromatic N) is 1. The van der Waals surface area contributed by atoms with Gasteiger partial charge in [-0.05, 0) is 37.3 Å². The number of nitrogens with two attached hydrogens (primary N) is 1. The van der Waals surface area contributed by atoms with Crippen molar-refractivity contribution in [1.82, 2.24) is 0 Å². The second-order valence-electron chi connectivity index (χ2n) is 6.19. The van der Waals surface area contributed by atoms with E-state index in [1.54, 1.807) is 37.3 Å². The quantitative estimate of drug-likeness (QED) is 0.622. The lowest BCUT2D eigenvalue weighted by Crippen LogP contribution is -2.41. The molecule has 1 atom stereocenters. The number of hydrogen-bond acceptors (Lipinski definition) is 5. The van der Waals surface area contributed by atoms with E-state index >= 15 is 0 Å². The zero-order valence-electron chi connectivity index (χ0n) is 14.6. The number of halogens is 1. The van der Waals surface area contributed by atoms with Crippen molar-refractivity contribution >= 4 is 46.4 Å². The number of ether oxygens (including phenoxy) is 1. The summed E-state index contributed by atoms with van der Waals surface area (Å²) in [6.45, 7) is 1.27. The van der Waals surface area contributed by atoms with E-state index in [1.165, 1.54) is 17.0 Å². The molecule has 0 spiro atoms. The zero-order chi connectivity index (χ0) is 19.6. The molecule has 0 saturated carbocycles. The lowest BCUT2D eigenvalue weighted by Gasteiger charge is -2.27. The highest BCUT2D eigenvalue weighted by Crippen LogP contribution is 2.31. The van der Waals surface area contributed by atoms with Crippen molar-refractivity contribution in [2.45, 2.75) is 19.4 Å². The van der Waals surface area contributed by atoms with E-state index in [4.69, 9.17) is 22.1 Å². The number of nitrogens with one attached hydrogen (secondary N) is 1. The number of esters is 1. The summed E-state index contributed by atoms with van der Waals surface area (Å²) in [5.41, 5.74) is 7.15. The summed E-state index contributed by atoms with van der Waals surface area (Å²) in [6.07, 6.45) is 0.135. The largest absolute Gasteiger partial charge is 0.452 e. The Hall–Kier alpha value is -3.06. The first-order valence-electron chi connectivity index (χ1n) is 8.30. The molecule has 0 fully saturated rings. The molecule has 3 N–H and O–H groups in total. The monoisotopic (exact) mass is 387 g/mol. The molecule has 27 heavy (non-hydrogen) atoms. The lowest BCUT2D eigenvalue weighted by molar-refractivity contribution is -0.122. The summed E-state index contributed by atoms with van der Waals surface area (Å²) in [5, 5.41) is 3.11. The first-order chi connectivity index (χ1) is 12.9. The van der Waals surface area contributed by atoms with Crippen molar-refractivity contribution in [3.63, 3.8) is 0 Å². The number of benzene rings is 2. The Kier molecular flexibility index (Phi) is 5.32. The van der Waals surface area contributed by atoms with E-state index in [-0.39, 0.29) is 23.6 Å². The number of fused-ring (bicyclic) bond motifs is 1. The van der Waals surface area contributed by atoms with Gasteiger partial charge in [0.1, 0.15) is 0 Å². The molecule has 0 aliphatic carbocycles. The summed E-state index contributed by atoms with van der Waals surface area (Å²) < 4.78 is 5.14. The molecule has 1 aliphatic rings. The number of nitrogen functional groups attached to an aromatic ring is 1. The van der Waals surface area contributed by atoms with Crippen molar-refractivity contribution in [3.05, 3.63) is 53.1 Å². The minimum absolute atomic E-state index is 0.0939. The molecule has 0 aromatic heterocycles. The van der Waals surface area contributed by atoms with E-state index in [0.29, 0.717) is 16.4 Å². The van der Waals surface area contributed by atoms with E-state index in [0.717, 1.165) is 0 Å². The zero-order valence-corrected chi connectivity index (χ0v) is 15.3. The highest BCUT2D eigenvalue weighted by Gasteiger charge is 2.30. The van der Waals surface area contributed by atoms with Gasteiger partial charge in [0.15, 0.2) is 6.61 Å². The molecule has 2 aromatic carbocycles. The molecular weight excluding hydrogens is 370 g/mol. The van der Waals surface area contributed by atoms with E-state index in [1.807, 2.05) is 0 Å². The molecule has 0 radical (unpaired) electrons. The average Bonchev–Trinajstić information content (AvgIpc) is 2.75. The first kappa shape index (κ1) is 18.7. The van der Waals surface area contributed by atoms with Crippen LogP contribution < -0.4 is 16.0 Å². The Balaban J connectivity index is 1.78. The molecule has 3 rings (SSSR count). The second kappa shape index (κ2) is 7.67. The Bertz CT molecular complexity index is 916. The number of rotatable bonds is 3. The lowest BCUT2D eigenvalue weighted by atomic mass is 10.1. The standard InChI is InChI=1S/C19H18ClN3O4/c1-11-8-17(24)22-15-4-2-3-5-16(15)23(11)18(25)10-27-19(26)13-9-12(20)6-7-14(13)21/h2-7,9,11H,8,10,21H2,1H3,(H,22,24)/t11-/m0/s1. The Labute approximate surface area is 161 Å². The number of anilines is 3. The van der Waals surface area contributed by atoms with Crippen molar-refractivity contribution in [3.8, 4) is 0 Å². The van der Waals surface area contributed by atoms with Crippen LogP contribution in [0.25, 0.3) is 0 Å². The van der Waals surface area contributed by atoms with Crippen LogP contribution in [0.2, 0.25) is 5.02 Å². The Morgan fingerprint density at radius 2 is 2.04 bits per heavy atom. The maximum absolute atomic E-state index is 12.8. The van der Waals surface area contributed by atoms with Crippen molar-refractivity contribution < 1.29 is 19.1 Å². The van der Waals surface area contributed by atoms with E-state index < -0.39 is 24.5 Å². The van der Waals surface area contributed by atoms with E-state index in [2.05, 4.69) is 5.32 Å². The molecule has 2 amide bonds. The number of hydrogen-bond donors (Lipinski definition) is 2. The number of amides is 2. The Morgan fingerprint density at radius 1 is 1.30 bits per heavy atom. The van der Waals surface area contributed by atoms with Crippen LogP contribution in [0.1, 0.15) is 23.7 Å². The molecule has 0 bridgehead atoms. The molecule has 0 unspecified atom stereocenters. The number of para-hydroxylation sites is 2. The summed E-state index contributed by atoms with van der Waals surface area (Å²) >= 11 is 5.88. The van der Waals surface area contributed by atoms with Gasteiger partial charge in [0.2, 0.25) is 5.91 Å². The minimum Gasteiger partial charge on any atom is -0.452 e. The SMILES string of the molecule is C[C@H]1CC(=O)Nc2ccccc2N1C(=O)COC(=O)c1cc(Cl)ccc1N. The fourth-order valence-electron chi connectivity index (χ4n) is 2.95. The summed E-state index contributed by atoms with van der Waals surface area (Å²) in [4.78, 5) is 38.5. The van der Waals surface area contributed by atoms with Crippen LogP contribution in [0, 0.1) is 0 Å². The molecule has 140 valence electrons. The van der Waals surface area contributed by atoms with Gasteiger partial charge in [0.25, 0.3) is 5.91 Å². The fraction of sp³-hybridized carbons (Fsp3) is 0.211. The third-order valence-electron chi connectivity index (χ3n) is 4.19. The molecule has 1 aliphatic heterocycles. The van der Waals surface area contributed by atoms with Crippen molar-refractivity contribution in [1.29, 1.82) is 0 Å². The molecule has 1 heterocycles. The number of carbonyl (C=O) groups excluding carboxylic acids is 3. The molecular formula is C19H18ClN3O4. The van der Waals surface area contributed by atoms with Crippen LogP contribution in [-0.2, 0) is 14.3 Å². The molecule has 0 saturated heterocycles. The normalized spacial score (nSPS) is 16.1. The highest BCUT2D eigenvalue weighted by atomic mass is 35.5. The van der Waals surface area contributed by atoms with Crippen molar-refractivity contribution in [2.75, 3.05) is 22.6 Å². The smallest absolute Gasteiger partial charge is 0.340 e. The van der Waals surface area contributed by atoms with E-state index in [9.17, 15) is 14.4 Å². The van der Waals surface area contributed by atoms with Crippen LogP contribution in [0.15, 0.2) is 42.5 Å². The van der Waals surface area contributed by atoms with Gasteiger partial charge in [-0.3, -0.25) is 9.59 Å². The van der Waals surface area contributed by atoms with Gasteiger partial charge in [-0.25, -0.2) is 4.79 Å². The van der Waals surface area contributed by atoms with Crippen LogP contribution in [0.3, 0.4) is 0 Å². The van der Waals surface area contributed by atoms with Gasteiger partial charge in [-0.15, -0.1) is 0 Å². The topological polar surface area (TPSA) is 102 Å². The Morgan fingerprint density at radius 3 is 2.81 bits per heavy atom. The second-order valence-corrected chi connectivity index (χ2v) is 6.63. The van der Waals surface area contributed by atoms with Gasteiger partial charge < -0.3 is 20.7 Å². The predicted molar refractivity (Wildman–Crippen MR) is 103 cm³/mol. The van der Waals surface area contributed by atoms with Crippen LogP contribution in [0.5, 0.6) is 0 Å². The highest BCUT2D eigenvalue weighted by molar-refractivity contribution is 6.31. The first-order valence-corrected chi connectivity index (χ1v) is 8.67. The molecule has 8 heteroatoms.